The minimum atomic E-state index is 0.136. The van der Waals surface area contributed by atoms with Crippen LogP contribution < -0.4 is 10.6 Å². The van der Waals surface area contributed by atoms with Gasteiger partial charge in [0.05, 0.1) is 5.69 Å². The number of aliphatic imine (C=N–C) groups is 1. The smallest absolute Gasteiger partial charge is 0.290 e. The van der Waals surface area contributed by atoms with Crippen LogP contribution in [0.25, 0.3) is 11.3 Å². The molecule has 23 heavy (non-hydrogen) atoms. The Labute approximate surface area is 135 Å². The van der Waals surface area contributed by atoms with E-state index in [-0.39, 0.29) is 6.10 Å². The summed E-state index contributed by atoms with van der Waals surface area (Å²) in [6, 6.07) is 6.15. The average molecular weight is 312 g/mol. The molecule has 1 fully saturated rings. The van der Waals surface area contributed by atoms with Gasteiger partial charge in [0.1, 0.15) is 18.2 Å². The van der Waals surface area contributed by atoms with E-state index >= 15 is 0 Å². The van der Waals surface area contributed by atoms with Gasteiger partial charge in [-0.3, -0.25) is 10.3 Å². The van der Waals surface area contributed by atoms with Gasteiger partial charge in [-0.15, -0.1) is 0 Å². The average Bonchev–Trinajstić information content (AvgIpc) is 2.63. The molecule has 7 heteroatoms. The number of hydrogen-bond donors (Lipinski definition) is 2. The SMILES string of the molecule is CN=C(Nc1cc(-c2ccncc2)ncn1)OC1CCCNC1. The summed E-state index contributed by atoms with van der Waals surface area (Å²) in [5.74, 6) is 0.649. The molecule has 0 saturated carbocycles. The topological polar surface area (TPSA) is 84.3 Å². The lowest BCUT2D eigenvalue weighted by atomic mass is 10.1. The molecule has 1 atom stereocenters. The maximum absolute atomic E-state index is 5.90. The van der Waals surface area contributed by atoms with Crippen molar-refractivity contribution in [3.05, 3.63) is 36.9 Å². The number of ether oxygens (including phenoxy) is 1. The molecule has 3 rings (SSSR count). The highest BCUT2D eigenvalue weighted by Gasteiger charge is 2.16. The van der Waals surface area contributed by atoms with Crippen molar-refractivity contribution in [3.63, 3.8) is 0 Å². The molecular formula is C16H20N6O. The summed E-state index contributed by atoms with van der Waals surface area (Å²) in [5, 5.41) is 6.44. The van der Waals surface area contributed by atoms with Gasteiger partial charge < -0.3 is 10.1 Å². The van der Waals surface area contributed by atoms with Crippen LogP contribution in [0, 0.1) is 0 Å². The van der Waals surface area contributed by atoms with Crippen molar-refractivity contribution in [1.29, 1.82) is 0 Å². The van der Waals surface area contributed by atoms with Crippen LogP contribution in [0.5, 0.6) is 0 Å². The first-order valence-electron chi connectivity index (χ1n) is 7.69. The van der Waals surface area contributed by atoms with Gasteiger partial charge >= 0.3 is 0 Å². The van der Waals surface area contributed by atoms with Gasteiger partial charge in [-0.25, -0.2) is 15.0 Å². The normalized spacial score (nSPS) is 18.5. The number of piperidine rings is 1. The number of pyridine rings is 1. The van der Waals surface area contributed by atoms with Gasteiger partial charge in [-0.2, -0.15) is 0 Å². The largest absolute Gasteiger partial charge is 0.460 e. The van der Waals surface area contributed by atoms with Crippen molar-refractivity contribution >= 4 is 11.8 Å². The minimum absolute atomic E-state index is 0.136. The van der Waals surface area contributed by atoms with Crippen LogP contribution in [0.15, 0.2) is 41.9 Å². The van der Waals surface area contributed by atoms with Crippen LogP contribution in [0.3, 0.4) is 0 Å². The molecule has 0 amide bonds. The molecule has 0 spiro atoms. The summed E-state index contributed by atoms with van der Waals surface area (Å²) in [7, 11) is 1.70. The lowest BCUT2D eigenvalue weighted by Crippen LogP contribution is -2.38. The summed E-state index contributed by atoms with van der Waals surface area (Å²) in [4.78, 5) is 16.7. The van der Waals surface area contributed by atoms with Crippen molar-refractivity contribution in [2.45, 2.75) is 18.9 Å². The highest BCUT2D eigenvalue weighted by Crippen LogP contribution is 2.17. The van der Waals surface area contributed by atoms with E-state index in [1.165, 1.54) is 6.33 Å². The third-order valence-electron chi connectivity index (χ3n) is 3.61. The molecule has 3 heterocycles. The number of amidine groups is 1. The van der Waals surface area contributed by atoms with Crippen LogP contribution in [-0.2, 0) is 4.74 Å². The molecule has 1 unspecified atom stereocenters. The van der Waals surface area contributed by atoms with Gasteiger partial charge in [-0.05, 0) is 31.5 Å². The van der Waals surface area contributed by atoms with Crippen LogP contribution >= 0.6 is 0 Å². The van der Waals surface area contributed by atoms with Crippen LogP contribution in [0.1, 0.15) is 12.8 Å². The monoisotopic (exact) mass is 312 g/mol. The van der Waals surface area contributed by atoms with Crippen molar-refractivity contribution in [2.24, 2.45) is 4.99 Å². The van der Waals surface area contributed by atoms with Crippen molar-refractivity contribution in [1.82, 2.24) is 20.3 Å². The maximum Gasteiger partial charge on any atom is 0.290 e. The van der Waals surface area contributed by atoms with Gasteiger partial charge in [0.15, 0.2) is 0 Å². The van der Waals surface area contributed by atoms with Crippen molar-refractivity contribution < 1.29 is 4.74 Å². The maximum atomic E-state index is 5.90. The molecule has 1 aliphatic heterocycles. The Kier molecular flexibility index (Phi) is 5.10. The predicted molar refractivity (Wildman–Crippen MR) is 89.2 cm³/mol. The Morgan fingerprint density at radius 1 is 1.35 bits per heavy atom. The van der Waals surface area contributed by atoms with Gasteiger partial charge in [-0.1, -0.05) is 0 Å². The molecule has 1 aliphatic rings. The number of rotatable bonds is 3. The molecular weight excluding hydrogens is 292 g/mol. The van der Waals surface area contributed by atoms with Gasteiger partial charge in [0.2, 0.25) is 0 Å². The molecule has 1 saturated heterocycles. The highest BCUT2D eigenvalue weighted by molar-refractivity contribution is 5.88. The third kappa shape index (κ3) is 4.23. The number of anilines is 1. The molecule has 2 aromatic rings. The highest BCUT2D eigenvalue weighted by atomic mass is 16.5. The number of hydrogen-bond acceptors (Lipinski definition) is 6. The predicted octanol–water partition coefficient (Wildman–Crippen LogP) is 1.70. The number of aromatic nitrogens is 3. The fourth-order valence-electron chi connectivity index (χ4n) is 2.43. The van der Waals surface area contributed by atoms with E-state index in [9.17, 15) is 0 Å². The van der Waals surface area contributed by atoms with E-state index in [0.29, 0.717) is 11.8 Å². The summed E-state index contributed by atoms with van der Waals surface area (Å²) < 4.78 is 5.90. The Morgan fingerprint density at radius 2 is 2.22 bits per heavy atom. The fourth-order valence-corrected chi connectivity index (χ4v) is 2.43. The molecule has 0 bridgehead atoms. The zero-order valence-corrected chi connectivity index (χ0v) is 13.1. The first-order chi connectivity index (χ1) is 11.3. The number of nitrogens with zero attached hydrogens (tertiary/aromatic N) is 4. The van der Waals surface area contributed by atoms with E-state index in [4.69, 9.17) is 4.74 Å². The molecule has 2 aromatic heterocycles. The summed E-state index contributed by atoms with van der Waals surface area (Å²) in [6.07, 6.45) is 7.27. The Balaban J connectivity index is 1.69. The first-order valence-corrected chi connectivity index (χ1v) is 7.69. The lowest BCUT2D eigenvalue weighted by Gasteiger charge is -2.24. The third-order valence-corrected chi connectivity index (χ3v) is 3.61. The minimum Gasteiger partial charge on any atom is -0.460 e. The van der Waals surface area contributed by atoms with Crippen molar-refractivity contribution in [3.8, 4) is 11.3 Å². The van der Waals surface area contributed by atoms with E-state index in [1.54, 1.807) is 19.4 Å². The summed E-state index contributed by atoms with van der Waals surface area (Å²) in [5.41, 5.74) is 1.80. The fraction of sp³-hybridized carbons (Fsp3) is 0.375. The van der Waals surface area contributed by atoms with E-state index in [2.05, 4.69) is 30.6 Å². The molecule has 0 aromatic carbocycles. The Hall–Kier alpha value is -2.54. The van der Waals surface area contributed by atoms with Crippen LogP contribution in [0.2, 0.25) is 0 Å². The van der Waals surface area contributed by atoms with Gasteiger partial charge in [0.25, 0.3) is 6.02 Å². The van der Waals surface area contributed by atoms with Crippen molar-refractivity contribution in [2.75, 3.05) is 25.5 Å². The second kappa shape index (κ2) is 7.64. The summed E-state index contributed by atoms with van der Waals surface area (Å²) >= 11 is 0. The standard InChI is InChI=1S/C16H20N6O/c1-17-16(23-13-3-2-6-19-10-13)22-15-9-14(20-11-21-15)12-4-7-18-8-5-12/h4-5,7-9,11,13,19H,2-3,6,10H2,1H3,(H,17,20,21,22). The van der Waals surface area contributed by atoms with E-state index in [0.717, 1.165) is 37.2 Å². The van der Waals surface area contributed by atoms with E-state index in [1.807, 2.05) is 18.2 Å². The zero-order chi connectivity index (χ0) is 15.9. The zero-order valence-electron chi connectivity index (χ0n) is 13.1. The molecule has 2 N–H and O–H groups in total. The Bertz CT molecular complexity index is 655. The quantitative estimate of drug-likeness (QED) is 0.663. The summed E-state index contributed by atoms with van der Waals surface area (Å²) in [6.45, 7) is 1.89. The second-order valence-electron chi connectivity index (χ2n) is 5.26. The lowest BCUT2D eigenvalue weighted by molar-refractivity contribution is 0.154. The van der Waals surface area contributed by atoms with Gasteiger partial charge in [0, 0.05) is 37.6 Å². The molecule has 0 aliphatic carbocycles. The first kappa shape index (κ1) is 15.4. The number of nitrogens with one attached hydrogen (secondary N) is 2. The van der Waals surface area contributed by atoms with E-state index < -0.39 is 0 Å². The molecule has 7 nitrogen and oxygen atoms in total. The molecule has 120 valence electrons. The van der Waals surface area contributed by atoms with Crippen LogP contribution in [-0.4, -0.2) is 47.2 Å². The molecule has 0 radical (unpaired) electrons. The Morgan fingerprint density at radius 3 is 2.96 bits per heavy atom. The second-order valence-corrected chi connectivity index (χ2v) is 5.26. The van der Waals surface area contributed by atoms with Crippen LogP contribution in [0.4, 0.5) is 5.82 Å².